The number of anilines is 3. The molecule has 2 aromatic carbocycles. The van der Waals surface area contributed by atoms with Crippen LogP contribution in [0, 0.1) is 0 Å². The molecular formula is C21H24N4O4. The lowest BCUT2D eigenvalue weighted by molar-refractivity contribution is -0.136. The van der Waals surface area contributed by atoms with Gasteiger partial charge in [0.1, 0.15) is 0 Å². The number of fused-ring (bicyclic) bond motifs is 1. The molecule has 29 heavy (non-hydrogen) atoms. The van der Waals surface area contributed by atoms with Crippen LogP contribution in [0.4, 0.5) is 17.1 Å². The van der Waals surface area contributed by atoms with Crippen molar-refractivity contribution in [2.45, 2.75) is 19.4 Å². The fourth-order valence-corrected chi connectivity index (χ4v) is 3.25. The SMILES string of the molecule is CC(=O)Nc1cccc(NC(=O)C(=O)NCC(O)c2ccc3c(c2)CCN3C)c1. The Morgan fingerprint density at radius 3 is 2.52 bits per heavy atom. The van der Waals surface area contributed by atoms with E-state index in [1.54, 1.807) is 24.3 Å². The number of aliphatic hydroxyl groups is 1. The van der Waals surface area contributed by atoms with Crippen molar-refractivity contribution in [1.29, 1.82) is 0 Å². The second kappa shape index (κ2) is 8.74. The molecule has 0 radical (unpaired) electrons. The Balaban J connectivity index is 1.54. The molecule has 1 aliphatic heterocycles. The predicted molar refractivity (Wildman–Crippen MR) is 111 cm³/mol. The molecule has 1 atom stereocenters. The number of carbonyl (C=O) groups is 3. The van der Waals surface area contributed by atoms with Gasteiger partial charge >= 0.3 is 11.8 Å². The second-order valence-corrected chi connectivity index (χ2v) is 7.00. The van der Waals surface area contributed by atoms with Crippen molar-refractivity contribution < 1.29 is 19.5 Å². The molecule has 3 rings (SSSR count). The van der Waals surface area contributed by atoms with Crippen LogP contribution in [-0.4, -0.2) is 43.0 Å². The lowest BCUT2D eigenvalue weighted by Gasteiger charge is -2.15. The molecule has 3 amide bonds. The first-order valence-corrected chi connectivity index (χ1v) is 9.32. The molecule has 1 heterocycles. The van der Waals surface area contributed by atoms with Gasteiger partial charge in [0, 0.05) is 44.1 Å². The van der Waals surface area contributed by atoms with Gasteiger partial charge in [-0.2, -0.15) is 0 Å². The van der Waals surface area contributed by atoms with E-state index in [1.165, 1.54) is 6.92 Å². The molecule has 2 aromatic rings. The van der Waals surface area contributed by atoms with Crippen molar-refractivity contribution in [2.75, 3.05) is 35.7 Å². The molecule has 0 spiro atoms. The molecular weight excluding hydrogens is 372 g/mol. The number of carbonyl (C=O) groups excluding carboxylic acids is 3. The van der Waals surface area contributed by atoms with Crippen LogP contribution in [0.2, 0.25) is 0 Å². The molecule has 1 aliphatic rings. The number of nitrogens with one attached hydrogen (secondary N) is 3. The molecule has 0 saturated carbocycles. The van der Waals surface area contributed by atoms with Crippen molar-refractivity contribution >= 4 is 34.8 Å². The van der Waals surface area contributed by atoms with Gasteiger partial charge < -0.3 is 26.0 Å². The number of benzene rings is 2. The van der Waals surface area contributed by atoms with Crippen molar-refractivity contribution in [3.63, 3.8) is 0 Å². The van der Waals surface area contributed by atoms with Crippen LogP contribution in [-0.2, 0) is 20.8 Å². The Labute approximate surface area is 168 Å². The quantitative estimate of drug-likeness (QED) is 0.572. The van der Waals surface area contributed by atoms with E-state index in [2.05, 4.69) is 20.9 Å². The molecule has 0 bridgehead atoms. The first-order valence-electron chi connectivity index (χ1n) is 9.32. The Morgan fingerprint density at radius 2 is 1.79 bits per heavy atom. The number of rotatable bonds is 5. The number of hydrogen-bond acceptors (Lipinski definition) is 5. The Hall–Kier alpha value is -3.39. The van der Waals surface area contributed by atoms with Crippen LogP contribution in [0.25, 0.3) is 0 Å². The van der Waals surface area contributed by atoms with E-state index in [4.69, 9.17) is 0 Å². The number of aliphatic hydroxyl groups excluding tert-OH is 1. The summed E-state index contributed by atoms with van der Waals surface area (Å²) in [7, 11) is 2.02. The molecule has 0 fully saturated rings. The lowest BCUT2D eigenvalue weighted by atomic mass is 10.0. The zero-order valence-corrected chi connectivity index (χ0v) is 16.4. The largest absolute Gasteiger partial charge is 0.387 e. The van der Waals surface area contributed by atoms with Crippen LogP contribution in [0.15, 0.2) is 42.5 Å². The van der Waals surface area contributed by atoms with Crippen LogP contribution < -0.4 is 20.9 Å². The van der Waals surface area contributed by atoms with Gasteiger partial charge in [0.2, 0.25) is 5.91 Å². The summed E-state index contributed by atoms with van der Waals surface area (Å²) in [6.45, 7) is 2.24. The molecule has 152 valence electrons. The summed E-state index contributed by atoms with van der Waals surface area (Å²) < 4.78 is 0. The predicted octanol–water partition coefficient (Wildman–Crippen LogP) is 1.43. The summed E-state index contributed by atoms with van der Waals surface area (Å²) in [6, 6.07) is 12.2. The maximum atomic E-state index is 12.1. The number of amides is 3. The van der Waals surface area contributed by atoms with Gasteiger partial charge in [-0.1, -0.05) is 18.2 Å². The molecule has 8 nitrogen and oxygen atoms in total. The van der Waals surface area contributed by atoms with Crippen molar-refractivity contribution in [3.05, 3.63) is 53.6 Å². The van der Waals surface area contributed by atoms with Crippen LogP contribution in [0.3, 0.4) is 0 Å². The monoisotopic (exact) mass is 396 g/mol. The van der Waals surface area contributed by atoms with E-state index in [-0.39, 0.29) is 12.5 Å². The standard InChI is InChI=1S/C21H24N4O4/c1-13(26)23-16-4-3-5-17(11-16)24-21(29)20(28)22-12-19(27)15-6-7-18-14(10-15)8-9-25(18)2/h3-7,10-11,19,27H,8-9,12H2,1-2H3,(H,22,28)(H,23,26)(H,24,29). The Bertz CT molecular complexity index is 944. The number of likely N-dealkylation sites (N-methyl/N-ethyl adjacent to an activating group) is 1. The van der Waals surface area contributed by atoms with E-state index in [9.17, 15) is 19.5 Å². The zero-order valence-electron chi connectivity index (χ0n) is 16.4. The van der Waals surface area contributed by atoms with Gasteiger partial charge in [-0.05, 0) is 41.8 Å². The van der Waals surface area contributed by atoms with Crippen LogP contribution >= 0.6 is 0 Å². The highest BCUT2D eigenvalue weighted by atomic mass is 16.3. The van der Waals surface area contributed by atoms with Crippen molar-refractivity contribution in [3.8, 4) is 0 Å². The number of hydrogen-bond donors (Lipinski definition) is 4. The fraction of sp³-hybridized carbons (Fsp3) is 0.286. The van der Waals surface area contributed by atoms with E-state index < -0.39 is 17.9 Å². The normalized spacial score (nSPS) is 13.4. The topological polar surface area (TPSA) is 111 Å². The van der Waals surface area contributed by atoms with E-state index in [0.29, 0.717) is 16.9 Å². The summed E-state index contributed by atoms with van der Waals surface area (Å²) in [5.74, 6) is -1.94. The van der Waals surface area contributed by atoms with Gasteiger partial charge in [0.25, 0.3) is 0 Å². The van der Waals surface area contributed by atoms with Gasteiger partial charge in [-0.15, -0.1) is 0 Å². The summed E-state index contributed by atoms with van der Waals surface area (Å²) in [6.07, 6.45) is 0.00432. The lowest BCUT2D eigenvalue weighted by Crippen LogP contribution is -2.37. The van der Waals surface area contributed by atoms with E-state index in [1.807, 2.05) is 25.2 Å². The number of nitrogens with zero attached hydrogens (tertiary/aromatic N) is 1. The van der Waals surface area contributed by atoms with Crippen LogP contribution in [0.5, 0.6) is 0 Å². The van der Waals surface area contributed by atoms with Gasteiger partial charge in [0.05, 0.1) is 6.10 Å². The fourth-order valence-electron chi connectivity index (χ4n) is 3.25. The minimum Gasteiger partial charge on any atom is -0.387 e. The minimum absolute atomic E-state index is 0.0766. The van der Waals surface area contributed by atoms with Gasteiger partial charge in [0.15, 0.2) is 0 Å². The first-order chi connectivity index (χ1) is 13.8. The third-order valence-electron chi connectivity index (χ3n) is 4.72. The summed E-state index contributed by atoms with van der Waals surface area (Å²) in [5.41, 5.74) is 3.88. The van der Waals surface area contributed by atoms with E-state index >= 15 is 0 Å². The van der Waals surface area contributed by atoms with Gasteiger partial charge in [-0.3, -0.25) is 14.4 Å². The Morgan fingerprint density at radius 1 is 1.07 bits per heavy atom. The van der Waals surface area contributed by atoms with Crippen molar-refractivity contribution in [1.82, 2.24) is 5.32 Å². The minimum atomic E-state index is -0.911. The average Bonchev–Trinajstić information content (AvgIpc) is 3.05. The zero-order chi connectivity index (χ0) is 21.0. The molecule has 0 aliphatic carbocycles. The third kappa shape index (κ3) is 5.11. The molecule has 0 aromatic heterocycles. The van der Waals surface area contributed by atoms with Crippen molar-refractivity contribution in [2.24, 2.45) is 0 Å². The second-order valence-electron chi connectivity index (χ2n) is 7.00. The summed E-state index contributed by atoms with van der Waals surface area (Å²) in [5, 5.41) is 17.9. The maximum Gasteiger partial charge on any atom is 0.313 e. The molecule has 1 unspecified atom stereocenters. The molecule has 8 heteroatoms. The molecule has 4 N–H and O–H groups in total. The Kier molecular flexibility index (Phi) is 6.13. The smallest absolute Gasteiger partial charge is 0.313 e. The average molecular weight is 396 g/mol. The third-order valence-corrected chi connectivity index (χ3v) is 4.72. The van der Waals surface area contributed by atoms with E-state index in [0.717, 1.165) is 24.2 Å². The molecule has 0 saturated heterocycles. The highest BCUT2D eigenvalue weighted by Gasteiger charge is 2.19. The van der Waals surface area contributed by atoms with Gasteiger partial charge in [-0.25, -0.2) is 0 Å². The highest BCUT2D eigenvalue weighted by molar-refractivity contribution is 6.39. The highest BCUT2D eigenvalue weighted by Crippen LogP contribution is 2.29. The van der Waals surface area contributed by atoms with Crippen LogP contribution in [0.1, 0.15) is 24.2 Å². The summed E-state index contributed by atoms with van der Waals surface area (Å²) >= 11 is 0. The first kappa shape index (κ1) is 20.3. The summed E-state index contributed by atoms with van der Waals surface area (Å²) in [4.78, 5) is 37.4. The maximum absolute atomic E-state index is 12.1.